The predicted octanol–water partition coefficient (Wildman–Crippen LogP) is 5.73. The van der Waals surface area contributed by atoms with E-state index >= 15 is 0 Å². The van der Waals surface area contributed by atoms with Crippen LogP contribution >= 0.6 is 11.8 Å². The molecule has 0 aliphatic carbocycles. The van der Waals surface area contributed by atoms with Gasteiger partial charge in [0.2, 0.25) is 0 Å². The molecule has 2 heterocycles. The number of ether oxygens (including phenoxy) is 1. The molecule has 0 radical (unpaired) electrons. The molecule has 0 saturated carbocycles. The molecule has 1 aromatic heterocycles. The number of carbonyl (C=O) groups is 2. The molecule has 0 unspecified atom stereocenters. The third kappa shape index (κ3) is 4.81. The van der Waals surface area contributed by atoms with Crippen LogP contribution in [0.5, 0.6) is 5.75 Å². The van der Waals surface area contributed by atoms with Gasteiger partial charge in [0.1, 0.15) is 12.4 Å². The normalized spacial score (nSPS) is 15.1. The lowest BCUT2D eigenvalue weighted by Gasteiger charge is -2.12. The van der Waals surface area contributed by atoms with E-state index in [1.54, 1.807) is 0 Å². The summed E-state index contributed by atoms with van der Waals surface area (Å²) in [6, 6.07) is 19.7. The zero-order chi connectivity index (χ0) is 22.7. The van der Waals surface area contributed by atoms with Crippen LogP contribution in [-0.4, -0.2) is 27.2 Å². The van der Waals surface area contributed by atoms with E-state index < -0.39 is 0 Å². The number of benzene rings is 2. The lowest BCUT2D eigenvalue weighted by atomic mass is 10.1. The number of hydrogen-bond donors (Lipinski definition) is 0. The number of thioether (sulfide) groups is 1. The Morgan fingerprint density at radius 3 is 2.41 bits per heavy atom. The van der Waals surface area contributed by atoms with Crippen LogP contribution in [0, 0.1) is 20.8 Å². The van der Waals surface area contributed by atoms with Gasteiger partial charge in [-0.3, -0.25) is 14.5 Å². The number of carbonyl (C=O) groups excluding carboxylic acids is 2. The van der Waals surface area contributed by atoms with Gasteiger partial charge < -0.3 is 9.30 Å². The van der Waals surface area contributed by atoms with Crippen LogP contribution in [0.4, 0.5) is 4.79 Å². The first-order valence-corrected chi connectivity index (χ1v) is 11.4. The first-order chi connectivity index (χ1) is 15.4. The van der Waals surface area contributed by atoms with Crippen LogP contribution in [0.15, 0.2) is 65.6 Å². The van der Waals surface area contributed by atoms with E-state index in [4.69, 9.17) is 4.74 Å². The Balaban J connectivity index is 1.46. The van der Waals surface area contributed by atoms with Gasteiger partial charge in [-0.1, -0.05) is 48.0 Å². The van der Waals surface area contributed by atoms with E-state index in [1.165, 1.54) is 4.90 Å². The fourth-order valence-electron chi connectivity index (χ4n) is 3.74. The Kier molecular flexibility index (Phi) is 6.51. The molecular formula is C26H26N2O3S. The van der Waals surface area contributed by atoms with Crippen molar-refractivity contribution in [2.24, 2.45) is 0 Å². The van der Waals surface area contributed by atoms with E-state index in [0.29, 0.717) is 18.1 Å². The minimum absolute atomic E-state index is 0.230. The predicted molar refractivity (Wildman–Crippen MR) is 129 cm³/mol. The summed E-state index contributed by atoms with van der Waals surface area (Å²) < 4.78 is 8.00. The highest BCUT2D eigenvalue weighted by atomic mass is 32.2. The molecule has 0 bridgehead atoms. The molecule has 2 amide bonds. The number of rotatable bonds is 7. The molecule has 5 nitrogen and oxygen atoms in total. The van der Waals surface area contributed by atoms with E-state index in [1.807, 2.05) is 87.5 Å². The van der Waals surface area contributed by atoms with Crippen LogP contribution < -0.4 is 4.74 Å². The molecule has 0 atom stereocenters. The van der Waals surface area contributed by atoms with E-state index in [0.717, 1.165) is 45.6 Å². The van der Waals surface area contributed by atoms with Gasteiger partial charge in [-0.25, -0.2) is 0 Å². The molecule has 4 rings (SSSR count). The summed E-state index contributed by atoms with van der Waals surface area (Å²) in [4.78, 5) is 27.2. The van der Waals surface area contributed by atoms with Gasteiger partial charge in [-0.05, 0) is 67.9 Å². The highest BCUT2D eigenvalue weighted by Gasteiger charge is 2.35. The molecule has 1 fully saturated rings. The van der Waals surface area contributed by atoms with Crippen molar-refractivity contribution in [1.82, 2.24) is 9.47 Å². The van der Waals surface area contributed by atoms with E-state index in [2.05, 4.69) is 4.57 Å². The van der Waals surface area contributed by atoms with Crippen LogP contribution in [0.2, 0.25) is 0 Å². The van der Waals surface area contributed by atoms with Gasteiger partial charge in [0.05, 0.1) is 18.0 Å². The Morgan fingerprint density at radius 2 is 1.69 bits per heavy atom. The molecule has 0 N–H and O–H groups in total. The molecule has 2 aromatic carbocycles. The maximum absolute atomic E-state index is 12.9. The topological polar surface area (TPSA) is 51.5 Å². The lowest BCUT2D eigenvalue weighted by molar-refractivity contribution is -0.123. The fraction of sp³-hybridized carbons (Fsp3) is 0.231. The van der Waals surface area contributed by atoms with Gasteiger partial charge in [0, 0.05) is 11.4 Å². The summed E-state index contributed by atoms with van der Waals surface area (Å²) in [5.74, 6) is 0.607. The van der Waals surface area contributed by atoms with E-state index in [9.17, 15) is 9.59 Å². The highest BCUT2D eigenvalue weighted by molar-refractivity contribution is 8.18. The van der Waals surface area contributed by atoms with Gasteiger partial charge >= 0.3 is 0 Å². The molecule has 1 saturated heterocycles. The van der Waals surface area contributed by atoms with Crippen LogP contribution in [-0.2, 0) is 17.9 Å². The number of hydrogen-bond acceptors (Lipinski definition) is 4. The Bertz CT molecular complexity index is 1160. The molecular weight excluding hydrogens is 420 g/mol. The summed E-state index contributed by atoms with van der Waals surface area (Å²) >= 11 is 1.00. The van der Waals surface area contributed by atoms with Crippen molar-refractivity contribution < 1.29 is 14.3 Å². The van der Waals surface area contributed by atoms with Crippen molar-refractivity contribution in [2.75, 3.05) is 6.61 Å². The zero-order valence-corrected chi connectivity index (χ0v) is 19.3. The molecule has 164 valence electrons. The maximum atomic E-state index is 12.9. The minimum atomic E-state index is -0.238. The maximum Gasteiger partial charge on any atom is 0.293 e. The first kappa shape index (κ1) is 22.0. The van der Waals surface area contributed by atoms with Gasteiger partial charge in [0.15, 0.2) is 0 Å². The van der Waals surface area contributed by atoms with Crippen LogP contribution in [0.3, 0.4) is 0 Å². The number of aryl methyl sites for hydroxylation is 2. The molecule has 3 aromatic rings. The second kappa shape index (κ2) is 9.49. The lowest BCUT2D eigenvalue weighted by Crippen LogP contribution is -2.27. The zero-order valence-electron chi connectivity index (χ0n) is 18.5. The van der Waals surface area contributed by atoms with Gasteiger partial charge in [0.25, 0.3) is 11.1 Å². The highest BCUT2D eigenvalue weighted by Crippen LogP contribution is 2.34. The summed E-state index contributed by atoms with van der Waals surface area (Å²) in [5.41, 5.74) is 5.17. The summed E-state index contributed by atoms with van der Waals surface area (Å²) in [7, 11) is 0. The van der Waals surface area contributed by atoms with Gasteiger partial charge in [-0.2, -0.15) is 0 Å². The third-order valence-electron chi connectivity index (χ3n) is 5.56. The van der Waals surface area contributed by atoms with Crippen molar-refractivity contribution in [1.29, 1.82) is 0 Å². The largest absolute Gasteiger partial charge is 0.492 e. The summed E-state index contributed by atoms with van der Waals surface area (Å²) in [5, 5.41) is -0.230. The number of imide groups is 1. The van der Waals surface area contributed by atoms with Crippen molar-refractivity contribution in [2.45, 2.75) is 33.9 Å². The summed E-state index contributed by atoms with van der Waals surface area (Å²) in [6.07, 6.45) is 1.83. The van der Waals surface area contributed by atoms with Crippen molar-refractivity contribution in [3.05, 3.63) is 93.6 Å². The van der Waals surface area contributed by atoms with Gasteiger partial charge in [-0.15, -0.1) is 0 Å². The standard InChI is InChI=1S/C26H26N2O3S/c1-18-9-11-21(12-10-18)17-28-25(29)24(32-26(28)30)16-22-15-19(2)27(20(22)3)13-14-31-23-7-5-4-6-8-23/h4-12,15-16H,13-14,17H2,1-3H3/b24-16-. The smallest absolute Gasteiger partial charge is 0.293 e. The molecule has 32 heavy (non-hydrogen) atoms. The second-order valence-electron chi connectivity index (χ2n) is 7.89. The fourth-order valence-corrected chi connectivity index (χ4v) is 4.57. The average molecular weight is 447 g/mol. The first-order valence-electron chi connectivity index (χ1n) is 10.6. The van der Waals surface area contributed by atoms with Crippen LogP contribution in [0.25, 0.3) is 6.08 Å². The molecule has 0 spiro atoms. The van der Waals surface area contributed by atoms with E-state index in [-0.39, 0.29) is 17.7 Å². The monoisotopic (exact) mass is 446 g/mol. The molecule has 1 aliphatic rings. The molecule has 6 heteroatoms. The Hall–Kier alpha value is -3.25. The number of para-hydroxylation sites is 1. The quantitative estimate of drug-likeness (QED) is 0.435. The Labute approximate surface area is 192 Å². The number of nitrogens with zero attached hydrogens (tertiary/aromatic N) is 2. The number of amides is 2. The second-order valence-corrected chi connectivity index (χ2v) is 8.89. The van der Waals surface area contributed by atoms with Crippen molar-refractivity contribution in [3.8, 4) is 5.75 Å². The van der Waals surface area contributed by atoms with Crippen molar-refractivity contribution >= 4 is 29.0 Å². The third-order valence-corrected chi connectivity index (χ3v) is 6.47. The number of aromatic nitrogens is 1. The minimum Gasteiger partial charge on any atom is -0.492 e. The van der Waals surface area contributed by atoms with Crippen LogP contribution in [0.1, 0.15) is 28.1 Å². The summed E-state index contributed by atoms with van der Waals surface area (Å²) in [6.45, 7) is 7.62. The van der Waals surface area contributed by atoms with Crippen molar-refractivity contribution in [3.63, 3.8) is 0 Å². The molecule has 1 aliphatic heterocycles. The average Bonchev–Trinajstić information content (AvgIpc) is 3.20. The Morgan fingerprint density at radius 1 is 0.969 bits per heavy atom. The SMILES string of the molecule is Cc1ccc(CN2C(=O)S/C(=C\c3cc(C)n(CCOc4ccccc4)c3C)C2=O)cc1.